The second-order valence-corrected chi connectivity index (χ2v) is 6.40. The molecule has 126 valence electrons. The Kier molecular flexibility index (Phi) is 5.14. The van der Waals surface area contributed by atoms with Gasteiger partial charge in [0.25, 0.3) is 5.91 Å². The van der Waals surface area contributed by atoms with E-state index in [9.17, 15) is 9.59 Å². The minimum atomic E-state index is -0.568. The fraction of sp³-hybridized carbons (Fsp3) is 0.400. The highest BCUT2D eigenvalue weighted by Crippen LogP contribution is 2.27. The number of amides is 1. The first-order valence-corrected chi connectivity index (χ1v) is 8.57. The molecule has 1 amide bonds. The molecule has 0 aromatic heterocycles. The molecular weight excluding hydrogens is 302 g/mol. The molecule has 0 radical (unpaired) electrons. The second kappa shape index (κ2) is 7.47. The molecule has 1 atom stereocenters. The fourth-order valence-corrected chi connectivity index (χ4v) is 3.61. The van der Waals surface area contributed by atoms with E-state index in [1.54, 1.807) is 6.07 Å². The van der Waals surface area contributed by atoms with Gasteiger partial charge in [0, 0.05) is 5.56 Å². The number of benzene rings is 2. The molecule has 2 aromatic rings. The molecule has 0 aliphatic heterocycles. The fourth-order valence-electron chi connectivity index (χ4n) is 3.61. The molecule has 0 unspecified atom stereocenters. The van der Waals surface area contributed by atoms with Gasteiger partial charge in [-0.3, -0.25) is 4.79 Å². The first-order chi connectivity index (χ1) is 11.7. The number of carbonyl (C=O) groups excluding carboxylic acids is 2. The molecule has 4 nitrogen and oxygen atoms in total. The molecule has 2 aromatic carbocycles. The van der Waals surface area contributed by atoms with Crippen molar-refractivity contribution < 1.29 is 14.3 Å². The van der Waals surface area contributed by atoms with Crippen LogP contribution in [0.4, 0.5) is 0 Å². The van der Waals surface area contributed by atoms with Gasteiger partial charge in [0.1, 0.15) is 6.04 Å². The van der Waals surface area contributed by atoms with Gasteiger partial charge in [-0.2, -0.15) is 0 Å². The number of hydrogen-bond donors (Lipinski definition) is 1. The van der Waals surface area contributed by atoms with Crippen molar-refractivity contribution in [3.63, 3.8) is 0 Å². The monoisotopic (exact) mass is 325 g/mol. The molecule has 0 spiro atoms. The summed E-state index contributed by atoms with van der Waals surface area (Å²) in [4.78, 5) is 25.0. The highest BCUT2D eigenvalue weighted by Gasteiger charge is 2.32. The smallest absolute Gasteiger partial charge is 0.328 e. The molecule has 4 heteroatoms. The highest BCUT2D eigenvalue weighted by atomic mass is 16.5. The van der Waals surface area contributed by atoms with Crippen LogP contribution in [0.3, 0.4) is 0 Å². The number of carbonyl (C=O) groups is 2. The molecule has 24 heavy (non-hydrogen) atoms. The summed E-state index contributed by atoms with van der Waals surface area (Å²) < 4.78 is 4.94. The number of ether oxygens (including phenoxy) is 1. The van der Waals surface area contributed by atoms with E-state index in [0.29, 0.717) is 5.56 Å². The van der Waals surface area contributed by atoms with Crippen molar-refractivity contribution in [1.82, 2.24) is 5.32 Å². The third-order valence-electron chi connectivity index (χ3n) is 4.90. The van der Waals surface area contributed by atoms with Crippen LogP contribution in [0.25, 0.3) is 10.8 Å². The van der Waals surface area contributed by atoms with E-state index < -0.39 is 6.04 Å². The molecule has 1 saturated carbocycles. The second-order valence-electron chi connectivity index (χ2n) is 6.40. The lowest BCUT2D eigenvalue weighted by atomic mass is 9.83. The summed E-state index contributed by atoms with van der Waals surface area (Å²) in [6.07, 6.45) is 5.30. The molecule has 1 aliphatic carbocycles. The van der Waals surface area contributed by atoms with E-state index in [1.807, 2.05) is 36.4 Å². The van der Waals surface area contributed by atoms with E-state index in [4.69, 9.17) is 4.74 Å². The summed E-state index contributed by atoms with van der Waals surface area (Å²) in [5, 5.41) is 4.84. The summed E-state index contributed by atoms with van der Waals surface area (Å²) >= 11 is 0. The first kappa shape index (κ1) is 16.5. The topological polar surface area (TPSA) is 55.4 Å². The molecule has 0 bridgehead atoms. The maximum atomic E-state index is 12.8. The zero-order valence-corrected chi connectivity index (χ0v) is 14.0. The Bertz CT molecular complexity index is 729. The number of methoxy groups -OCH3 is 1. The lowest BCUT2D eigenvalue weighted by molar-refractivity contribution is -0.144. The minimum Gasteiger partial charge on any atom is -0.467 e. The van der Waals surface area contributed by atoms with Crippen LogP contribution < -0.4 is 5.32 Å². The highest BCUT2D eigenvalue weighted by molar-refractivity contribution is 6.08. The van der Waals surface area contributed by atoms with E-state index >= 15 is 0 Å². The van der Waals surface area contributed by atoms with Crippen molar-refractivity contribution in [2.24, 2.45) is 5.92 Å². The predicted octanol–water partition coefficient (Wildman–Crippen LogP) is 3.69. The Morgan fingerprint density at radius 3 is 2.50 bits per heavy atom. The average Bonchev–Trinajstić information content (AvgIpc) is 2.65. The van der Waals surface area contributed by atoms with Crippen LogP contribution in [-0.4, -0.2) is 25.0 Å². The molecule has 0 heterocycles. The number of rotatable bonds is 4. The third kappa shape index (κ3) is 3.42. The van der Waals surface area contributed by atoms with Crippen LogP contribution in [0.1, 0.15) is 42.5 Å². The molecule has 1 N–H and O–H groups in total. The lowest BCUT2D eigenvalue weighted by Crippen LogP contribution is -2.47. The standard InChI is InChI=1S/C20H23NO3/c1-24-20(23)18(15-9-3-2-4-10-15)21-19(22)17-13-7-11-14-8-5-6-12-16(14)17/h5-8,11-13,15,18H,2-4,9-10H2,1H3,(H,21,22)/t18-/m1/s1. The lowest BCUT2D eigenvalue weighted by Gasteiger charge is -2.29. The van der Waals surface area contributed by atoms with Crippen LogP contribution in [0.15, 0.2) is 42.5 Å². The predicted molar refractivity (Wildman–Crippen MR) is 93.8 cm³/mol. The van der Waals surface area contributed by atoms with Crippen molar-refractivity contribution in [2.75, 3.05) is 7.11 Å². The summed E-state index contributed by atoms with van der Waals surface area (Å²) in [7, 11) is 1.38. The van der Waals surface area contributed by atoms with Crippen LogP contribution in [0, 0.1) is 5.92 Å². The number of nitrogens with one attached hydrogen (secondary N) is 1. The van der Waals surface area contributed by atoms with Crippen LogP contribution in [0.5, 0.6) is 0 Å². The molecular formula is C20H23NO3. The number of esters is 1. The Morgan fingerprint density at radius 1 is 1.04 bits per heavy atom. The van der Waals surface area contributed by atoms with E-state index in [2.05, 4.69) is 5.32 Å². The van der Waals surface area contributed by atoms with Gasteiger partial charge in [0.05, 0.1) is 7.11 Å². The van der Waals surface area contributed by atoms with Crippen molar-refractivity contribution in [3.8, 4) is 0 Å². The summed E-state index contributed by atoms with van der Waals surface area (Å²) in [5.41, 5.74) is 0.595. The van der Waals surface area contributed by atoms with Gasteiger partial charge in [-0.25, -0.2) is 4.79 Å². The quantitative estimate of drug-likeness (QED) is 0.872. The summed E-state index contributed by atoms with van der Waals surface area (Å²) in [6, 6.07) is 12.8. The van der Waals surface area contributed by atoms with Gasteiger partial charge in [0.2, 0.25) is 0 Å². The van der Waals surface area contributed by atoms with Gasteiger partial charge >= 0.3 is 5.97 Å². The van der Waals surface area contributed by atoms with Gasteiger partial charge in [0.15, 0.2) is 0 Å². The summed E-state index contributed by atoms with van der Waals surface area (Å²) in [5.74, 6) is -0.409. The zero-order valence-electron chi connectivity index (χ0n) is 14.0. The average molecular weight is 325 g/mol. The molecule has 1 fully saturated rings. The number of fused-ring (bicyclic) bond motifs is 1. The largest absolute Gasteiger partial charge is 0.467 e. The molecule has 3 rings (SSSR count). The maximum absolute atomic E-state index is 12.8. The zero-order chi connectivity index (χ0) is 16.9. The maximum Gasteiger partial charge on any atom is 0.328 e. The van der Waals surface area contributed by atoms with Crippen molar-refractivity contribution >= 4 is 22.6 Å². The normalized spacial score (nSPS) is 16.5. The first-order valence-electron chi connectivity index (χ1n) is 8.57. The SMILES string of the molecule is COC(=O)[C@H](NC(=O)c1cccc2ccccc12)C1CCCCC1. The molecule has 0 saturated heterocycles. The van der Waals surface area contributed by atoms with Crippen LogP contribution in [0.2, 0.25) is 0 Å². The van der Waals surface area contributed by atoms with Gasteiger partial charge in [-0.15, -0.1) is 0 Å². The Hall–Kier alpha value is -2.36. The van der Waals surface area contributed by atoms with Gasteiger partial charge in [-0.1, -0.05) is 55.7 Å². The van der Waals surface area contributed by atoms with E-state index in [0.717, 1.165) is 36.5 Å². The van der Waals surface area contributed by atoms with Crippen molar-refractivity contribution in [2.45, 2.75) is 38.1 Å². The van der Waals surface area contributed by atoms with Crippen molar-refractivity contribution in [1.29, 1.82) is 0 Å². The van der Waals surface area contributed by atoms with E-state index in [1.165, 1.54) is 13.5 Å². The van der Waals surface area contributed by atoms with Crippen molar-refractivity contribution in [3.05, 3.63) is 48.0 Å². The van der Waals surface area contributed by atoms with Gasteiger partial charge in [-0.05, 0) is 35.6 Å². The third-order valence-corrected chi connectivity index (χ3v) is 4.90. The van der Waals surface area contributed by atoms with Crippen LogP contribution in [-0.2, 0) is 9.53 Å². The summed E-state index contributed by atoms with van der Waals surface area (Å²) in [6.45, 7) is 0. The Morgan fingerprint density at radius 2 is 1.75 bits per heavy atom. The Balaban J connectivity index is 1.85. The number of hydrogen-bond acceptors (Lipinski definition) is 3. The Labute approximate surface area is 142 Å². The van der Waals surface area contributed by atoms with Crippen LogP contribution >= 0.6 is 0 Å². The van der Waals surface area contributed by atoms with Gasteiger partial charge < -0.3 is 10.1 Å². The molecule has 1 aliphatic rings. The van der Waals surface area contributed by atoms with E-state index in [-0.39, 0.29) is 17.8 Å². The minimum absolute atomic E-state index is 0.158.